The number of para-hydroxylation sites is 1. The van der Waals surface area contributed by atoms with Crippen molar-refractivity contribution in [2.24, 2.45) is 0 Å². The summed E-state index contributed by atoms with van der Waals surface area (Å²) >= 11 is 6.75. The van der Waals surface area contributed by atoms with Crippen molar-refractivity contribution in [3.63, 3.8) is 0 Å². The van der Waals surface area contributed by atoms with Crippen LogP contribution in [0.1, 0.15) is 15.9 Å². The van der Waals surface area contributed by atoms with E-state index in [1.165, 1.54) is 6.07 Å². The van der Waals surface area contributed by atoms with Gasteiger partial charge < -0.3 is 10.4 Å². The normalized spacial score (nSPS) is 10.3. The molecular formula is C14H11Br2NO2. The zero-order chi connectivity index (χ0) is 14.0. The number of benzene rings is 2. The van der Waals surface area contributed by atoms with Gasteiger partial charge in [0.05, 0.1) is 11.3 Å². The van der Waals surface area contributed by atoms with E-state index in [0.717, 1.165) is 14.5 Å². The molecule has 0 fully saturated rings. The first-order valence-corrected chi connectivity index (χ1v) is 7.12. The molecule has 0 bridgehead atoms. The first-order chi connectivity index (χ1) is 8.99. The summed E-state index contributed by atoms with van der Waals surface area (Å²) < 4.78 is 1.53. The van der Waals surface area contributed by atoms with Crippen molar-refractivity contribution in [2.75, 3.05) is 5.32 Å². The maximum absolute atomic E-state index is 12.2. The highest BCUT2D eigenvalue weighted by atomic mass is 79.9. The summed E-state index contributed by atoms with van der Waals surface area (Å²) in [6.07, 6.45) is 0. The molecule has 0 aliphatic rings. The fourth-order valence-corrected chi connectivity index (χ4v) is 2.83. The average Bonchev–Trinajstić information content (AvgIpc) is 2.37. The summed E-state index contributed by atoms with van der Waals surface area (Å²) in [6, 6.07) is 10.4. The second-order valence-corrected chi connectivity index (χ2v) is 5.78. The van der Waals surface area contributed by atoms with Crippen LogP contribution in [0.15, 0.2) is 45.3 Å². The predicted octanol–water partition coefficient (Wildman–Crippen LogP) is 4.48. The lowest BCUT2D eigenvalue weighted by Gasteiger charge is -2.10. The smallest absolute Gasteiger partial charge is 0.259 e. The van der Waals surface area contributed by atoms with Crippen molar-refractivity contribution in [1.29, 1.82) is 0 Å². The van der Waals surface area contributed by atoms with Gasteiger partial charge >= 0.3 is 0 Å². The third kappa shape index (κ3) is 3.16. The molecule has 0 atom stereocenters. The Labute approximate surface area is 127 Å². The summed E-state index contributed by atoms with van der Waals surface area (Å²) in [6.45, 7) is 1.87. The predicted molar refractivity (Wildman–Crippen MR) is 82.6 cm³/mol. The number of anilines is 1. The number of carbonyl (C=O) groups excluding carboxylic acids is 1. The maximum Gasteiger partial charge on any atom is 0.259 e. The van der Waals surface area contributed by atoms with Gasteiger partial charge in [-0.3, -0.25) is 4.79 Å². The molecule has 0 saturated carbocycles. The fraction of sp³-hybridized carbons (Fsp3) is 0.0714. The van der Waals surface area contributed by atoms with Crippen LogP contribution in [0.25, 0.3) is 0 Å². The molecule has 98 valence electrons. The van der Waals surface area contributed by atoms with Gasteiger partial charge in [-0.25, -0.2) is 0 Å². The second kappa shape index (κ2) is 5.75. The van der Waals surface area contributed by atoms with Crippen molar-refractivity contribution < 1.29 is 9.90 Å². The van der Waals surface area contributed by atoms with E-state index < -0.39 is 0 Å². The fourth-order valence-electron chi connectivity index (χ4n) is 1.63. The van der Waals surface area contributed by atoms with Crippen molar-refractivity contribution in [3.05, 3.63) is 56.5 Å². The second-order valence-electron chi connectivity index (χ2n) is 4.07. The third-order valence-corrected chi connectivity index (χ3v) is 3.92. The number of nitrogens with one attached hydrogen (secondary N) is 1. The third-order valence-electron chi connectivity index (χ3n) is 2.60. The molecule has 1 amide bonds. The molecule has 19 heavy (non-hydrogen) atoms. The quantitative estimate of drug-likeness (QED) is 0.801. The highest BCUT2D eigenvalue weighted by molar-refractivity contribution is 9.11. The molecular weight excluding hydrogens is 374 g/mol. The summed E-state index contributed by atoms with van der Waals surface area (Å²) in [7, 11) is 0. The summed E-state index contributed by atoms with van der Waals surface area (Å²) in [4.78, 5) is 12.2. The van der Waals surface area contributed by atoms with Crippen LogP contribution in [-0.4, -0.2) is 11.0 Å². The van der Waals surface area contributed by atoms with Crippen LogP contribution in [-0.2, 0) is 0 Å². The van der Waals surface area contributed by atoms with Crippen LogP contribution in [0, 0.1) is 6.92 Å². The van der Waals surface area contributed by atoms with E-state index in [4.69, 9.17) is 0 Å². The summed E-state index contributed by atoms with van der Waals surface area (Å²) in [5.74, 6) is -0.389. The first-order valence-electron chi connectivity index (χ1n) is 5.54. The van der Waals surface area contributed by atoms with Gasteiger partial charge in [0.1, 0.15) is 5.75 Å². The molecule has 0 spiro atoms. The molecule has 0 aromatic heterocycles. The van der Waals surface area contributed by atoms with Crippen LogP contribution in [0.3, 0.4) is 0 Å². The minimum atomic E-state index is -0.353. The molecule has 2 rings (SSSR count). The molecule has 0 aliphatic heterocycles. The van der Waals surface area contributed by atoms with Crippen molar-refractivity contribution >= 4 is 43.5 Å². The highest BCUT2D eigenvalue weighted by Gasteiger charge is 2.14. The van der Waals surface area contributed by atoms with Crippen LogP contribution < -0.4 is 5.32 Å². The van der Waals surface area contributed by atoms with Gasteiger partial charge in [0.2, 0.25) is 0 Å². The topological polar surface area (TPSA) is 49.3 Å². The number of halogens is 2. The van der Waals surface area contributed by atoms with E-state index >= 15 is 0 Å². The van der Waals surface area contributed by atoms with Crippen molar-refractivity contribution in [1.82, 2.24) is 0 Å². The van der Waals surface area contributed by atoms with Crippen LogP contribution in [0.4, 0.5) is 5.69 Å². The molecule has 0 unspecified atom stereocenters. The number of carbonyl (C=O) groups is 1. The van der Waals surface area contributed by atoms with Crippen molar-refractivity contribution in [2.45, 2.75) is 6.92 Å². The number of phenolic OH excluding ortho intramolecular Hbond substituents is 1. The van der Waals surface area contributed by atoms with E-state index in [0.29, 0.717) is 5.69 Å². The molecule has 0 saturated heterocycles. The van der Waals surface area contributed by atoms with E-state index in [9.17, 15) is 9.90 Å². The molecule has 3 nitrogen and oxygen atoms in total. The number of phenols is 1. The Kier molecular flexibility index (Phi) is 4.27. The Morgan fingerprint density at radius 1 is 1.16 bits per heavy atom. The Bertz CT molecular complexity index is 621. The first kappa shape index (κ1) is 14.1. The zero-order valence-electron chi connectivity index (χ0n) is 10.1. The van der Waals surface area contributed by atoms with Gasteiger partial charge in [0.25, 0.3) is 5.91 Å². The molecule has 2 N–H and O–H groups in total. The van der Waals surface area contributed by atoms with E-state index in [1.54, 1.807) is 12.1 Å². The van der Waals surface area contributed by atoms with Gasteiger partial charge in [0, 0.05) is 8.95 Å². The SMILES string of the molecule is Cc1ccc(O)c(C(=O)Nc2c(Br)cccc2Br)c1. The standard InChI is InChI=1S/C14H11Br2NO2/c1-8-5-6-12(18)9(7-8)14(19)17-13-10(15)3-2-4-11(13)16/h2-7,18H,1H3,(H,17,19). The number of rotatable bonds is 2. The number of aromatic hydroxyl groups is 1. The van der Waals surface area contributed by atoms with Crippen LogP contribution in [0.2, 0.25) is 0 Å². The molecule has 0 aliphatic carbocycles. The molecule has 2 aromatic carbocycles. The Hall–Kier alpha value is -1.33. The van der Waals surface area contributed by atoms with Gasteiger partial charge in [-0.15, -0.1) is 0 Å². The monoisotopic (exact) mass is 383 g/mol. The lowest BCUT2D eigenvalue weighted by Crippen LogP contribution is -2.13. The van der Waals surface area contributed by atoms with E-state index in [2.05, 4.69) is 37.2 Å². The Morgan fingerprint density at radius 2 is 1.79 bits per heavy atom. The van der Waals surface area contributed by atoms with Gasteiger partial charge in [-0.05, 0) is 63.0 Å². The van der Waals surface area contributed by atoms with Gasteiger partial charge in [-0.2, -0.15) is 0 Å². The molecule has 5 heteroatoms. The van der Waals surface area contributed by atoms with Gasteiger partial charge in [0.15, 0.2) is 0 Å². The number of hydrogen-bond acceptors (Lipinski definition) is 2. The minimum Gasteiger partial charge on any atom is -0.507 e. The molecule has 0 radical (unpaired) electrons. The zero-order valence-corrected chi connectivity index (χ0v) is 13.2. The lowest BCUT2D eigenvalue weighted by molar-refractivity contribution is 0.102. The Morgan fingerprint density at radius 3 is 2.42 bits per heavy atom. The average molecular weight is 385 g/mol. The lowest BCUT2D eigenvalue weighted by atomic mass is 10.1. The van der Waals surface area contributed by atoms with E-state index in [-0.39, 0.29) is 17.2 Å². The minimum absolute atomic E-state index is 0.0359. The summed E-state index contributed by atoms with van der Waals surface area (Å²) in [5.41, 5.74) is 1.80. The van der Waals surface area contributed by atoms with Crippen LogP contribution >= 0.6 is 31.9 Å². The van der Waals surface area contributed by atoms with Crippen molar-refractivity contribution in [3.8, 4) is 5.75 Å². The maximum atomic E-state index is 12.2. The summed E-state index contributed by atoms with van der Waals surface area (Å²) in [5, 5.41) is 12.5. The molecule has 2 aromatic rings. The van der Waals surface area contributed by atoms with E-state index in [1.807, 2.05) is 25.1 Å². The number of hydrogen-bond donors (Lipinski definition) is 2. The highest BCUT2D eigenvalue weighted by Crippen LogP contribution is 2.31. The number of aryl methyl sites for hydroxylation is 1. The molecule has 0 heterocycles. The van der Waals surface area contributed by atoms with Gasteiger partial charge in [-0.1, -0.05) is 17.7 Å². The number of amides is 1. The Balaban J connectivity index is 2.34. The van der Waals surface area contributed by atoms with Crippen LogP contribution in [0.5, 0.6) is 5.75 Å². The largest absolute Gasteiger partial charge is 0.507 e.